The highest BCUT2D eigenvalue weighted by Crippen LogP contribution is 2.18. The Morgan fingerprint density at radius 1 is 1.41 bits per heavy atom. The van der Waals surface area contributed by atoms with E-state index in [0.29, 0.717) is 6.54 Å². The molecule has 0 aliphatic carbocycles. The average molecular weight is 234 g/mol. The molecule has 4 nitrogen and oxygen atoms in total. The molecule has 1 aromatic carbocycles. The second kappa shape index (κ2) is 4.97. The molecular weight excluding hydrogens is 219 g/mol. The Balaban J connectivity index is 2.16. The van der Waals surface area contributed by atoms with Gasteiger partial charge in [0.05, 0.1) is 24.3 Å². The highest BCUT2D eigenvalue weighted by molar-refractivity contribution is 5.44. The molecule has 2 rings (SSSR count). The lowest BCUT2D eigenvalue weighted by atomic mass is 10.2. The van der Waals surface area contributed by atoms with Crippen LogP contribution in [0.15, 0.2) is 36.8 Å². The van der Waals surface area contributed by atoms with Gasteiger partial charge in [0.1, 0.15) is 5.82 Å². The van der Waals surface area contributed by atoms with E-state index in [9.17, 15) is 4.39 Å². The minimum Gasteiger partial charge on any atom is -0.375 e. The first-order chi connectivity index (χ1) is 8.20. The topological polar surface area (TPSA) is 55.9 Å². The third-order valence-electron chi connectivity index (χ3n) is 2.63. The second-order valence-corrected chi connectivity index (χ2v) is 3.87. The summed E-state index contributed by atoms with van der Waals surface area (Å²) in [5.41, 5.74) is 7.57. The van der Waals surface area contributed by atoms with Crippen LogP contribution in [-0.4, -0.2) is 16.1 Å². The summed E-state index contributed by atoms with van der Waals surface area (Å²) in [5, 5.41) is 3.25. The van der Waals surface area contributed by atoms with Crippen LogP contribution < -0.4 is 11.1 Å². The Kier molecular flexibility index (Phi) is 3.39. The lowest BCUT2D eigenvalue weighted by molar-refractivity contribution is 0.627. The van der Waals surface area contributed by atoms with Gasteiger partial charge in [0.15, 0.2) is 0 Å². The van der Waals surface area contributed by atoms with Crippen LogP contribution in [0.2, 0.25) is 0 Å². The van der Waals surface area contributed by atoms with Gasteiger partial charge in [-0.3, -0.25) is 0 Å². The van der Waals surface area contributed by atoms with Gasteiger partial charge in [0, 0.05) is 19.3 Å². The molecule has 5 heteroatoms. The summed E-state index contributed by atoms with van der Waals surface area (Å²) < 4.78 is 14.7. The Morgan fingerprint density at radius 3 is 2.65 bits per heavy atom. The molecule has 0 saturated carbocycles. The van der Waals surface area contributed by atoms with Crippen LogP contribution in [0.5, 0.6) is 0 Å². The van der Waals surface area contributed by atoms with Gasteiger partial charge >= 0.3 is 0 Å². The Bertz CT molecular complexity index is 478. The van der Waals surface area contributed by atoms with E-state index in [-0.39, 0.29) is 11.9 Å². The Labute approximate surface area is 99.3 Å². The highest BCUT2D eigenvalue weighted by Gasteiger charge is 2.12. The fourth-order valence-electron chi connectivity index (χ4n) is 1.70. The van der Waals surface area contributed by atoms with Gasteiger partial charge in [-0.2, -0.15) is 0 Å². The number of aryl methyl sites for hydroxylation is 1. The molecule has 1 aromatic heterocycles. The second-order valence-electron chi connectivity index (χ2n) is 3.87. The van der Waals surface area contributed by atoms with Crippen LogP contribution in [0.25, 0.3) is 0 Å². The third kappa shape index (κ3) is 2.62. The summed E-state index contributed by atoms with van der Waals surface area (Å²) in [4.78, 5) is 4.05. The standard InChI is InChI=1S/C12H15FN4/c1-17-8-15-7-12(17)11(6-14)16-10-4-2-9(13)3-5-10/h2-5,7-8,11,16H,6,14H2,1H3. The number of hydrogen-bond donors (Lipinski definition) is 2. The zero-order valence-electron chi connectivity index (χ0n) is 9.60. The summed E-state index contributed by atoms with van der Waals surface area (Å²) in [6.45, 7) is 0.441. The number of nitrogens with zero attached hydrogens (tertiary/aromatic N) is 2. The molecule has 90 valence electrons. The predicted molar refractivity (Wildman–Crippen MR) is 65.0 cm³/mol. The fourth-order valence-corrected chi connectivity index (χ4v) is 1.70. The lowest BCUT2D eigenvalue weighted by Crippen LogP contribution is -2.22. The largest absolute Gasteiger partial charge is 0.375 e. The van der Waals surface area contributed by atoms with Crippen molar-refractivity contribution >= 4 is 5.69 Å². The van der Waals surface area contributed by atoms with Crippen molar-refractivity contribution in [2.75, 3.05) is 11.9 Å². The highest BCUT2D eigenvalue weighted by atomic mass is 19.1. The van der Waals surface area contributed by atoms with E-state index in [0.717, 1.165) is 11.4 Å². The molecule has 0 aliphatic heterocycles. The van der Waals surface area contributed by atoms with Crippen LogP contribution in [0.4, 0.5) is 10.1 Å². The molecule has 2 aromatic rings. The normalized spacial score (nSPS) is 12.4. The Morgan fingerprint density at radius 2 is 2.12 bits per heavy atom. The van der Waals surface area contributed by atoms with Gasteiger partial charge in [-0.15, -0.1) is 0 Å². The van der Waals surface area contributed by atoms with Gasteiger partial charge in [-0.1, -0.05) is 0 Å². The first-order valence-corrected chi connectivity index (χ1v) is 5.39. The van der Waals surface area contributed by atoms with Crippen LogP contribution in [0.3, 0.4) is 0 Å². The lowest BCUT2D eigenvalue weighted by Gasteiger charge is -2.18. The maximum atomic E-state index is 12.8. The number of benzene rings is 1. The number of anilines is 1. The molecule has 1 heterocycles. The van der Waals surface area contributed by atoms with E-state index in [2.05, 4.69) is 10.3 Å². The Hall–Kier alpha value is -1.88. The number of halogens is 1. The van der Waals surface area contributed by atoms with Crippen LogP contribution in [0.1, 0.15) is 11.7 Å². The van der Waals surface area contributed by atoms with Crippen molar-refractivity contribution in [2.45, 2.75) is 6.04 Å². The zero-order valence-corrected chi connectivity index (χ0v) is 9.60. The molecule has 0 fully saturated rings. The third-order valence-corrected chi connectivity index (χ3v) is 2.63. The van der Waals surface area contributed by atoms with Crippen molar-refractivity contribution in [3.05, 3.63) is 48.3 Å². The van der Waals surface area contributed by atoms with Gasteiger partial charge < -0.3 is 15.6 Å². The SMILES string of the molecule is Cn1cncc1C(CN)Nc1ccc(F)cc1. The molecular formula is C12H15FN4. The number of imidazole rings is 1. The summed E-state index contributed by atoms with van der Waals surface area (Å²) in [6.07, 6.45) is 3.50. The maximum absolute atomic E-state index is 12.8. The van der Waals surface area contributed by atoms with Crippen molar-refractivity contribution in [3.63, 3.8) is 0 Å². The number of nitrogens with one attached hydrogen (secondary N) is 1. The minimum absolute atomic E-state index is 0.0343. The monoisotopic (exact) mass is 234 g/mol. The van der Waals surface area contributed by atoms with Gasteiger partial charge in [-0.05, 0) is 24.3 Å². The quantitative estimate of drug-likeness (QED) is 0.846. The van der Waals surface area contributed by atoms with E-state index >= 15 is 0 Å². The molecule has 1 unspecified atom stereocenters. The maximum Gasteiger partial charge on any atom is 0.123 e. The van der Waals surface area contributed by atoms with Crippen molar-refractivity contribution in [1.29, 1.82) is 0 Å². The van der Waals surface area contributed by atoms with E-state index in [1.807, 2.05) is 11.6 Å². The molecule has 0 amide bonds. The molecule has 1 atom stereocenters. The molecule has 0 bridgehead atoms. The van der Waals surface area contributed by atoms with E-state index < -0.39 is 0 Å². The number of aromatic nitrogens is 2. The molecule has 0 saturated heterocycles. The summed E-state index contributed by atoms with van der Waals surface area (Å²) >= 11 is 0. The van der Waals surface area contributed by atoms with E-state index in [1.54, 1.807) is 24.7 Å². The number of nitrogens with two attached hydrogens (primary N) is 1. The summed E-state index contributed by atoms with van der Waals surface area (Å²) in [7, 11) is 1.91. The summed E-state index contributed by atoms with van der Waals surface area (Å²) in [6, 6.07) is 6.18. The average Bonchev–Trinajstić information content (AvgIpc) is 2.75. The summed E-state index contributed by atoms with van der Waals surface area (Å²) in [5.74, 6) is -0.250. The molecule has 0 radical (unpaired) electrons. The van der Waals surface area contributed by atoms with Gasteiger partial charge in [-0.25, -0.2) is 9.37 Å². The molecule has 0 spiro atoms. The van der Waals surface area contributed by atoms with Crippen LogP contribution >= 0.6 is 0 Å². The van der Waals surface area contributed by atoms with Crippen LogP contribution in [-0.2, 0) is 7.05 Å². The van der Waals surface area contributed by atoms with Crippen LogP contribution in [0, 0.1) is 5.82 Å². The van der Waals surface area contributed by atoms with Gasteiger partial charge in [0.25, 0.3) is 0 Å². The molecule has 0 aliphatic rings. The smallest absolute Gasteiger partial charge is 0.123 e. The molecule has 17 heavy (non-hydrogen) atoms. The van der Waals surface area contributed by atoms with Crippen molar-refractivity contribution < 1.29 is 4.39 Å². The van der Waals surface area contributed by atoms with Crippen molar-refractivity contribution in [3.8, 4) is 0 Å². The fraction of sp³-hybridized carbons (Fsp3) is 0.250. The minimum atomic E-state index is -0.250. The first kappa shape index (κ1) is 11.6. The predicted octanol–water partition coefficient (Wildman–Crippen LogP) is 1.67. The van der Waals surface area contributed by atoms with E-state index in [1.165, 1.54) is 12.1 Å². The van der Waals surface area contributed by atoms with E-state index in [4.69, 9.17) is 5.73 Å². The van der Waals surface area contributed by atoms with Crippen molar-refractivity contribution in [1.82, 2.24) is 9.55 Å². The number of rotatable bonds is 4. The first-order valence-electron chi connectivity index (χ1n) is 5.39. The van der Waals surface area contributed by atoms with Crippen molar-refractivity contribution in [2.24, 2.45) is 12.8 Å². The molecule has 3 N–H and O–H groups in total. The zero-order chi connectivity index (χ0) is 12.3. The number of hydrogen-bond acceptors (Lipinski definition) is 3. The van der Waals surface area contributed by atoms with Gasteiger partial charge in [0.2, 0.25) is 0 Å².